The third kappa shape index (κ3) is 3.27. The Morgan fingerprint density at radius 1 is 1.00 bits per heavy atom. The maximum atomic E-state index is 11.5. The molecule has 8 nitrogen and oxygen atoms in total. The van der Waals surface area contributed by atoms with Gasteiger partial charge < -0.3 is 30.1 Å². The van der Waals surface area contributed by atoms with Gasteiger partial charge in [-0.1, -0.05) is 6.07 Å². The second-order valence-electron chi connectivity index (χ2n) is 5.49. The molecule has 0 radical (unpaired) electrons. The Balaban J connectivity index is 2.00. The van der Waals surface area contributed by atoms with Gasteiger partial charge in [0.2, 0.25) is 12.1 Å². The zero-order valence-electron chi connectivity index (χ0n) is 13.1. The van der Waals surface area contributed by atoms with Crippen LogP contribution in [0.25, 0.3) is 0 Å². The molecule has 0 aliphatic carbocycles. The van der Waals surface area contributed by atoms with E-state index in [1.54, 1.807) is 0 Å². The van der Waals surface area contributed by atoms with Crippen LogP contribution >= 0.6 is 0 Å². The van der Waals surface area contributed by atoms with Gasteiger partial charge in [0.15, 0.2) is 29.1 Å². The molecule has 8 heteroatoms. The summed E-state index contributed by atoms with van der Waals surface area (Å²) >= 11 is 0. The molecule has 1 heterocycles. The van der Waals surface area contributed by atoms with Gasteiger partial charge in [-0.3, -0.25) is 4.79 Å². The molecule has 0 spiro atoms. The second kappa shape index (κ2) is 6.23. The van der Waals surface area contributed by atoms with Crippen LogP contribution in [-0.4, -0.2) is 33.4 Å². The fourth-order valence-corrected chi connectivity index (χ4v) is 2.49. The topological polar surface area (TPSA) is 125 Å². The Morgan fingerprint density at radius 2 is 1.76 bits per heavy atom. The number of carbonyl (C=O) groups excluding carboxylic acids is 1. The quantitative estimate of drug-likeness (QED) is 0.625. The molecule has 25 heavy (non-hydrogen) atoms. The Morgan fingerprint density at radius 3 is 2.40 bits per heavy atom. The first-order valence-electron chi connectivity index (χ1n) is 7.35. The van der Waals surface area contributed by atoms with E-state index in [1.165, 1.54) is 43.3 Å². The molecule has 3 rings (SSSR count). The lowest BCUT2D eigenvalue weighted by molar-refractivity contribution is -0.124. The monoisotopic (exact) mass is 345 g/mol. The van der Waals surface area contributed by atoms with E-state index >= 15 is 0 Å². The molecule has 0 bridgehead atoms. The zero-order chi connectivity index (χ0) is 18.1. The molecular formula is C17H15NO7. The number of nitrogens with one attached hydrogen (secondary N) is 1. The Labute approximate surface area is 142 Å². The molecule has 0 saturated heterocycles. The molecule has 1 aliphatic heterocycles. The molecule has 4 N–H and O–H groups in total. The van der Waals surface area contributed by atoms with Crippen LogP contribution in [0.2, 0.25) is 0 Å². The van der Waals surface area contributed by atoms with Crippen LogP contribution in [0.1, 0.15) is 28.9 Å². The second-order valence-corrected chi connectivity index (χ2v) is 5.49. The minimum Gasteiger partial charge on any atom is -0.504 e. The minimum absolute atomic E-state index is 0.0182. The number of ether oxygens (including phenoxy) is 2. The first kappa shape index (κ1) is 16.4. The molecule has 2 aromatic carbocycles. The van der Waals surface area contributed by atoms with E-state index < -0.39 is 18.3 Å². The zero-order valence-corrected chi connectivity index (χ0v) is 13.1. The number of rotatable bonds is 3. The number of amides is 1. The molecule has 130 valence electrons. The lowest BCUT2D eigenvalue weighted by atomic mass is 10.1. The van der Waals surface area contributed by atoms with E-state index in [4.69, 9.17) is 14.6 Å². The van der Waals surface area contributed by atoms with Crippen LogP contribution in [-0.2, 0) is 4.79 Å². The van der Waals surface area contributed by atoms with E-state index in [0.29, 0.717) is 11.3 Å². The minimum atomic E-state index is -1.12. The van der Waals surface area contributed by atoms with Gasteiger partial charge in [0.1, 0.15) is 0 Å². The maximum absolute atomic E-state index is 11.5. The largest absolute Gasteiger partial charge is 0.504 e. The number of carboxylic acid groups (broad SMARTS) is 1. The Kier molecular flexibility index (Phi) is 4.10. The summed E-state index contributed by atoms with van der Waals surface area (Å²) in [6, 6.07) is 8.24. The van der Waals surface area contributed by atoms with E-state index in [2.05, 4.69) is 5.32 Å². The normalized spacial score (nSPS) is 18.4. The first-order chi connectivity index (χ1) is 11.8. The highest BCUT2D eigenvalue weighted by Crippen LogP contribution is 2.40. The smallest absolute Gasteiger partial charge is 0.335 e. The third-order valence-electron chi connectivity index (χ3n) is 3.65. The van der Waals surface area contributed by atoms with Crippen LogP contribution in [0.4, 0.5) is 0 Å². The van der Waals surface area contributed by atoms with Gasteiger partial charge in [0.05, 0.1) is 5.56 Å². The van der Waals surface area contributed by atoms with Crippen molar-refractivity contribution >= 4 is 11.9 Å². The predicted octanol–water partition coefficient (Wildman–Crippen LogP) is 1.77. The summed E-state index contributed by atoms with van der Waals surface area (Å²) in [6.07, 6.45) is -1.75. The standard InChI is InChI=1S/C17H15NO7/c1-8(19)18-16-15(9-2-4-11(20)12(21)6-9)24-13-5-3-10(17(22)23)7-14(13)25-16/h2-7,15-16,20-21H,1H3,(H,18,19)(H,22,23)/t15-,16+/m0/s1. The van der Waals surface area contributed by atoms with Crippen molar-refractivity contribution in [1.82, 2.24) is 5.32 Å². The Hall–Kier alpha value is -3.42. The van der Waals surface area contributed by atoms with Gasteiger partial charge in [0.25, 0.3) is 0 Å². The number of phenolic OH excluding ortho intramolecular Hbond substituents is 2. The number of aromatic hydroxyl groups is 2. The average molecular weight is 345 g/mol. The molecule has 2 aromatic rings. The van der Waals surface area contributed by atoms with Crippen molar-refractivity contribution in [3.8, 4) is 23.0 Å². The van der Waals surface area contributed by atoms with Crippen LogP contribution in [0.3, 0.4) is 0 Å². The molecule has 1 aliphatic rings. The summed E-state index contributed by atoms with van der Waals surface area (Å²) in [4.78, 5) is 22.6. The van der Waals surface area contributed by atoms with Gasteiger partial charge in [-0.2, -0.15) is 0 Å². The summed E-state index contributed by atoms with van der Waals surface area (Å²) in [5, 5.41) is 30.8. The van der Waals surface area contributed by atoms with Gasteiger partial charge >= 0.3 is 5.97 Å². The van der Waals surface area contributed by atoms with Gasteiger partial charge in [0, 0.05) is 12.5 Å². The molecule has 0 aromatic heterocycles. The fourth-order valence-electron chi connectivity index (χ4n) is 2.49. The lowest BCUT2D eigenvalue weighted by Gasteiger charge is -2.34. The van der Waals surface area contributed by atoms with E-state index in [9.17, 15) is 19.8 Å². The Bertz CT molecular complexity index is 849. The number of carbonyl (C=O) groups is 2. The van der Waals surface area contributed by atoms with Gasteiger partial charge in [-0.25, -0.2) is 4.79 Å². The van der Waals surface area contributed by atoms with Crippen molar-refractivity contribution in [3.05, 3.63) is 47.5 Å². The van der Waals surface area contributed by atoms with Crippen molar-refractivity contribution in [2.75, 3.05) is 0 Å². The average Bonchev–Trinajstić information content (AvgIpc) is 2.55. The molecule has 0 unspecified atom stereocenters. The number of hydrogen-bond donors (Lipinski definition) is 4. The highest BCUT2D eigenvalue weighted by molar-refractivity contribution is 5.88. The van der Waals surface area contributed by atoms with Crippen molar-refractivity contribution in [1.29, 1.82) is 0 Å². The van der Waals surface area contributed by atoms with Crippen molar-refractivity contribution in [2.45, 2.75) is 19.3 Å². The van der Waals surface area contributed by atoms with Crippen molar-refractivity contribution in [2.24, 2.45) is 0 Å². The molecule has 1 amide bonds. The summed E-state index contributed by atoms with van der Waals surface area (Å²) in [5.41, 5.74) is 0.478. The maximum Gasteiger partial charge on any atom is 0.335 e. The number of fused-ring (bicyclic) bond motifs is 1. The summed E-state index contributed by atoms with van der Waals surface area (Å²) < 4.78 is 11.5. The number of carboxylic acids is 1. The lowest BCUT2D eigenvalue weighted by Crippen LogP contribution is -2.46. The highest BCUT2D eigenvalue weighted by atomic mass is 16.6. The van der Waals surface area contributed by atoms with Crippen LogP contribution in [0, 0.1) is 0 Å². The third-order valence-corrected chi connectivity index (χ3v) is 3.65. The SMILES string of the molecule is CC(=O)N[C@@H]1Oc2cc(C(=O)O)ccc2O[C@H]1c1ccc(O)c(O)c1. The first-order valence-corrected chi connectivity index (χ1v) is 7.35. The molecule has 0 fully saturated rings. The fraction of sp³-hybridized carbons (Fsp3) is 0.176. The van der Waals surface area contributed by atoms with Crippen molar-refractivity contribution in [3.63, 3.8) is 0 Å². The predicted molar refractivity (Wildman–Crippen MR) is 84.8 cm³/mol. The molecule has 2 atom stereocenters. The van der Waals surface area contributed by atoms with E-state index in [0.717, 1.165) is 0 Å². The number of hydrogen-bond acceptors (Lipinski definition) is 6. The van der Waals surface area contributed by atoms with E-state index in [-0.39, 0.29) is 28.7 Å². The summed E-state index contributed by atoms with van der Waals surface area (Å²) in [6.45, 7) is 1.30. The summed E-state index contributed by atoms with van der Waals surface area (Å²) in [7, 11) is 0. The van der Waals surface area contributed by atoms with Crippen molar-refractivity contribution < 1.29 is 34.4 Å². The van der Waals surface area contributed by atoms with Crippen LogP contribution in [0.15, 0.2) is 36.4 Å². The van der Waals surface area contributed by atoms with Crippen LogP contribution in [0.5, 0.6) is 23.0 Å². The van der Waals surface area contributed by atoms with E-state index in [1.807, 2.05) is 0 Å². The number of phenols is 2. The highest BCUT2D eigenvalue weighted by Gasteiger charge is 2.34. The van der Waals surface area contributed by atoms with Gasteiger partial charge in [-0.05, 0) is 30.3 Å². The summed E-state index contributed by atoms with van der Waals surface area (Å²) in [5.74, 6) is -1.65. The molecular weight excluding hydrogens is 330 g/mol. The number of benzene rings is 2. The van der Waals surface area contributed by atoms with Crippen LogP contribution < -0.4 is 14.8 Å². The van der Waals surface area contributed by atoms with Gasteiger partial charge in [-0.15, -0.1) is 0 Å². The molecule has 0 saturated carbocycles. The number of aromatic carboxylic acids is 1.